The van der Waals surface area contributed by atoms with Crippen LogP contribution in [0.15, 0.2) is 12.1 Å². The summed E-state index contributed by atoms with van der Waals surface area (Å²) in [6.07, 6.45) is -0.878. The minimum Gasteiger partial charge on any atom is -0.387 e. The van der Waals surface area contributed by atoms with Gasteiger partial charge in [0.1, 0.15) is 24.0 Å². The number of ether oxygens (including phenoxy) is 1. The van der Waals surface area contributed by atoms with Crippen LogP contribution < -0.4 is 10.6 Å². The van der Waals surface area contributed by atoms with Crippen LogP contribution in [-0.2, 0) is 24.7 Å². The second-order valence-corrected chi connectivity index (χ2v) is 8.13. The number of hydrogen-bond acceptors (Lipinski definition) is 5. The molecule has 2 fully saturated rings. The summed E-state index contributed by atoms with van der Waals surface area (Å²) in [5.41, 5.74) is 0.621. The number of nitrogens with one attached hydrogen (secondary N) is 1. The Balaban J connectivity index is 1.88. The molecule has 4 N–H and O–H groups in total. The van der Waals surface area contributed by atoms with Crippen LogP contribution in [0.1, 0.15) is 18.1 Å². The second kappa shape index (κ2) is 6.52. The molecule has 1 aromatic carbocycles. The number of fused-ring (bicyclic) bond motifs is 4. The highest BCUT2D eigenvalue weighted by molar-refractivity contribution is 6.32. The van der Waals surface area contributed by atoms with Crippen LogP contribution in [0.25, 0.3) is 0 Å². The molecule has 3 amide bonds. The van der Waals surface area contributed by atoms with Crippen molar-refractivity contribution >= 4 is 35.0 Å². The molecule has 9 heteroatoms. The molecule has 0 radical (unpaired) electrons. The van der Waals surface area contributed by atoms with E-state index >= 15 is 0 Å². The minimum absolute atomic E-state index is 0.123. The highest BCUT2D eigenvalue weighted by Gasteiger charge is 2.74. The summed E-state index contributed by atoms with van der Waals surface area (Å²) in [5.74, 6) is -2.80. The Labute approximate surface area is 167 Å². The number of nitrogens with zero attached hydrogens (tertiary/aromatic N) is 1. The van der Waals surface area contributed by atoms with Crippen molar-refractivity contribution in [1.82, 2.24) is 4.90 Å². The maximum Gasteiger partial charge on any atom is 0.291 e. The third-order valence-electron chi connectivity index (χ3n) is 6.34. The van der Waals surface area contributed by atoms with Crippen molar-refractivity contribution in [3.8, 4) is 0 Å². The molecule has 28 heavy (non-hydrogen) atoms. The highest BCUT2D eigenvalue weighted by atomic mass is 35.5. The van der Waals surface area contributed by atoms with Gasteiger partial charge in [0.05, 0.1) is 18.8 Å². The number of carbonyl (C=O) groups excluding carboxylic acids is 3. The lowest BCUT2D eigenvalue weighted by molar-refractivity contribution is -0.738. The Bertz CT molecular complexity index is 889. The number of methoxy groups -OCH3 is 1. The topological polar surface area (TPSA) is 113 Å². The van der Waals surface area contributed by atoms with E-state index in [4.69, 9.17) is 16.3 Å². The van der Waals surface area contributed by atoms with Crippen LogP contribution >= 0.6 is 11.6 Å². The van der Waals surface area contributed by atoms with Crippen LogP contribution in [0.2, 0.25) is 5.02 Å². The first-order chi connectivity index (χ1) is 13.3. The number of nitrogens with two attached hydrogens (primary N) is 1. The van der Waals surface area contributed by atoms with Gasteiger partial charge in [0.25, 0.3) is 5.91 Å². The Kier molecular flexibility index (Phi) is 4.50. The van der Waals surface area contributed by atoms with E-state index in [0.717, 1.165) is 4.90 Å². The molecule has 8 nitrogen and oxygen atoms in total. The van der Waals surface area contributed by atoms with Crippen molar-refractivity contribution in [3.63, 3.8) is 0 Å². The molecule has 0 saturated carbocycles. The minimum atomic E-state index is -1.30. The van der Waals surface area contributed by atoms with Crippen LogP contribution in [-0.4, -0.2) is 60.1 Å². The van der Waals surface area contributed by atoms with Crippen molar-refractivity contribution in [2.75, 3.05) is 25.6 Å². The van der Waals surface area contributed by atoms with Gasteiger partial charge < -0.3 is 20.5 Å². The van der Waals surface area contributed by atoms with Crippen LogP contribution in [0, 0.1) is 18.8 Å². The summed E-state index contributed by atoms with van der Waals surface area (Å²) < 4.78 is 5.02. The van der Waals surface area contributed by atoms with Crippen molar-refractivity contribution in [1.29, 1.82) is 0 Å². The largest absolute Gasteiger partial charge is 0.387 e. The number of benzene rings is 1. The number of amides is 3. The smallest absolute Gasteiger partial charge is 0.291 e. The molecular weight excluding hydrogens is 386 g/mol. The third-order valence-corrected chi connectivity index (χ3v) is 6.75. The summed E-state index contributed by atoms with van der Waals surface area (Å²) in [6, 6.07) is 2.82. The standard InChI is InChI=1S/C19H22ClN3O5/c1-8-11(20)5-4-10-14(8)21-18(27)19(10)13-12(15(22-19)9(2)24)16(25)23(17(13)26)6-7-28-3/h4-5,9,12-13,15,22,24H,6-7H2,1-3H3,(H,21,27)/p+1/t9-,12+,13+,15+,19+/m1/s1. The lowest BCUT2D eigenvalue weighted by atomic mass is 9.76. The van der Waals surface area contributed by atoms with Crippen LogP contribution in [0.3, 0.4) is 0 Å². The number of imide groups is 1. The van der Waals surface area contributed by atoms with E-state index in [1.807, 2.05) is 0 Å². The van der Waals surface area contributed by atoms with E-state index in [0.29, 0.717) is 21.8 Å². The highest BCUT2D eigenvalue weighted by Crippen LogP contribution is 2.50. The second-order valence-electron chi connectivity index (χ2n) is 7.73. The Hall–Kier alpha value is -2.00. The van der Waals surface area contributed by atoms with E-state index in [1.165, 1.54) is 7.11 Å². The fourth-order valence-electron chi connectivity index (χ4n) is 4.98. The summed E-state index contributed by atoms with van der Waals surface area (Å²) >= 11 is 6.21. The number of hydrogen-bond donors (Lipinski definition) is 3. The first kappa shape index (κ1) is 19.3. The third kappa shape index (κ3) is 2.32. The predicted octanol–water partition coefficient (Wildman–Crippen LogP) is -0.630. The zero-order valence-electron chi connectivity index (χ0n) is 15.9. The normalized spacial score (nSPS) is 32.1. The Morgan fingerprint density at radius 1 is 1.36 bits per heavy atom. The van der Waals surface area contributed by atoms with Crippen LogP contribution in [0.5, 0.6) is 0 Å². The molecule has 4 rings (SSSR count). The van der Waals surface area contributed by atoms with E-state index in [1.54, 1.807) is 31.3 Å². The molecule has 3 aliphatic rings. The van der Waals surface area contributed by atoms with Gasteiger partial charge in [0, 0.05) is 17.7 Å². The maximum atomic E-state index is 13.3. The number of halogens is 1. The zero-order chi connectivity index (χ0) is 20.4. The molecule has 3 aliphatic heterocycles. The average molecular weight is 409 g/mol. The van der Waals surface area contributed by atoms with Gasteiger partial charge in [-0.05, 0) is 31.5 Å². The van der Waals surface area contributed by atoms with Gasteiger partial charge in [-0.3, -0.25) is 19.3 Å². The van der Waals surface area contributed by atoms with Crippen molar-refractivity contribution in [3.05, 3.63) is 28.3 Å². The first-order valence-corrected chi connectivity index (χ1v) is 9.62. The molecule has 0 aliphatic carbocycles. The fraction of sp³-hybridized carbons (Fsp3) is 0.526. The Morgan fingerprint density at radius 3 is 2.71 bits per heavy atom. The zero-order valence-corrected chi connectivity index (χ0v) is 16.6. The molecule has 0 bridgehead atoms. The molecule has 1 aromatic rings. The molecule has 3 heterocycles. The number of aliphatic hydroxyl groups is 1. The van der Waals surface area contributed by atoms with Crippen LogP contribution in [0.4, 0.5) is 5.69 Å². The fourth-order valence-corrected chi connectivity index (χ4v) is 5.13. The summed E-state index contributed by atoms with van der Waals surface area (Å²) in [7, 11) is 1.49. The molecule has 0 unspecified atom stereocenters. The van der Waals surface area contributed by atoms with E-state index < -0.39 is 35.4 Å². The molecule has 150 valence electrons. The van der Waals surface area contributed by atoms with Gasteiger partial charge in [-0.25, -0.2) is 0 Å². The molecule has 5 atom stereocenters. The molecule has 1 spiro atoms. The molecular formula is C19H23ClN3O5+. The number of rotatable bonds is 4. The lowest BCUT2D eigenvalue weighted by Crippen LogP contribution is -3.00. The number of carbonyl (C=O) groups is 3. The van der Waals surface area contributed by atoms with E-state index in [-0.39, 0.29) is 25.0 Å². The first-order valence-electron chi connectivity index (χ1n) is 9.25. The van der Waals surface area contributed by atoms with E-state index in [9.17, 15) is 19.5 Å². The van der Waals surface area contributed by atoms with Gasteiger partial charge in [-0.1, -0.05) is 11.6 Å². The van der Waals surface area contributed by atoms with Crippen molar-refractivity contribution in [2.45, 2.75) is 31.5 Å². The Morgan fingerprint density at radius 2 is 2.07 bits per heavy atom. The SMILES string of the molecule is COCCN1C(=O)[C@@H]2[C@H]([C@@H](C)O)[NH2+][C@]3(C(=O)Nc4c3ccc(Cl)c4C)[C@@H]2C1=O. The average Bonchev–Trinajstić information content (AvgIpc) is 3.23. The quantitative estimate of drug-likeness (QED) is 0.574. The monoisotopic (exact) mass is 408 g/mol. The summed E-state index contributed by atoms with van der Waals surface area (Å²) in [5, 5.41) is 15.4. The van der Waals surface area contributed by atoms with E-state index in [2.05, 4.69) is 5.32 Å². The number of likely N-dealkylation sites (tertiary alicyclic amines) is 1. The predicted molar refractivity (Wildman–Crippen MR) is 99.5 cm³/mol. The maximum absolute atomic E-state index is 13.3. The molecule has 0 aromatic heterocycles. The lowest BCUT2D eigenvalue weighted by Gasteiger charge is -2.27. The van der Waals surface area contributed by atoms with Gasteiger partial charge >= 0.3 is 0 Å². The number of anilines is 1. The summed E-state index contributed by atoms with van der Waals surface area (Å²) in [6.45, 7) is 3.71. The van der Waals surface area contributed by atoms with Gasteiger partial charge in [0.15, 0.2) is 0 Å². The van der Waals surface area contributed by atoms with Gasteiger partial charge in [0.2, 0.25) is 17.4 Å². The van der Waals surface area contributed by atoms with Gasteiger partial charge in [-0.15, -0.1) is 0 Å². The van der Waals surface area contributed by atoms with Gasteiger partial charge in [-0.2, -0.15) is 0 Å². The van der Waals surface area contributed by atoms with Crippen molar-refractivity contribution < 1.29 is 29.5 Å². The van der Waals surface area contributed by atoms with Crippen molar-refractivity contribution in [2.24, 2.45) is 11.8 Å². The molecule has 2 saturated heterocycles. The summed E-state index contributed by atoms with van der Waals surface area (Å²) in [4.78, 5) is 40.7. The number of aliphatic hydroxyl groups excluding tert-OH is 1. The number of quaternary nitrogens is 1.